The predicted octanol–water partition coefficient (Wildman–Crippen LogP) is 4.32. The fraction of sp³-hybridized carbons (Fsp3) is 0.278. The molecule has 0 spiro atoms. The lowest BCUT2D eigenvalue weighted by atomic mass is 10.1. The second kappa shape index (κ2) is 9.32. The van der Waals surface area contributed by atoms with Crippen molar-refractivity contribution in [2.45, 2.75) is 13.0 Å². The Labute approximate surface area is 170 Å². The topological polar surface area (TPSA) is 68.5 Å². The minimum atomic E-state index is -0.0960. The molecule has 142 valence electrons. The second-order valence-corrected chi connectivity index (χ2v) is 7.47. The number of aromatic nitrogens is 2. The molecular formula is C18H17Cl2N3O3S. The third kappa shape index (κ3) is 5.29. The minimum Gasteiger partial charge on any atom is -0.418 e. The van der Waals surface area contributed by atoms with Gasteiger partial charge in [-0.2, -0.15) is 0 Å². The third-order valence-electron chi connectivity index (χ3n) is 3.78. The predicted molar refractivity (Wildman–Crippen MR) is 105 cm³/mol. The summed E-state index contributed by atoms with van der Waals surface area (Å²) in [6, 6.07) is 8.97. The molecule has 3 rings (SSSR count). The van der Waals surface area contributed by atoms with Gasteiger partial charge in [-0.3, -0.25) is 4.79 Å². The number of halogens is 2. The molecule has 1 amide bonds. The Morgan fingerprint density at radius 1 is 1.26 bits per heavy atom. The standard InChI is InChI=1S/C18H17Cl2N3O3S/c1-25-7-6-23(17(24)10-12-4-5-13(19)14(20)9-12)11-16-21-22-18(26-16)15-3-2-8-27-15/h2-5,8-9H,6-7,10-11H2,1H3. The van der Waals surface area contributed by atoms with E-state index in [2.05, 4.69) is 10.2 Å². The molecule has 0 fully saturated rings. The fourth-order valence-corrected chi connectivity index (χ4v) is 3.37. The average Bonchev–Trinajstić information content (AvgIpc) is 3.33. The zero-order chi connectivity index (χ0) is 19.2. The molecule has 0 unspecified atom stereocenters. The molecule has 0 saturated heterocycles. The number of hydrogen-bond acceptors (Lipinski definition) is 6. The number of carbonyl (C=O) groups excluding carboxylic acids is 1. The first-order valence-electron chi connectivity index (χ1n) is 8.13. The number of ether oxygens (including phenoxy) is 1. The zero-order valence-electron chi connectivity index (χ0n) is 14.5. The van der Waals surface area contributed by atoms with Crippen molar-refractivity contribution in [3.05, 3.63) is 57.2 Å². The lowest BCUT2D eigenvalue weighted by Crippen LogP contribution is -2.34. The molecule has 0 aliphatic carbocycles. The monoisotopic (exact) mass is 425 g/mol. The lowest BCUT2D eigenvalue weighted by Gasteiger charge is -2.20. The smallest absolute Gasteiger partial charge is 0.257 e. The molecule has 0 aliphatic heterocycles. The van der Waals surface area contributed by atoms with Crippen molar-refractivity contribution in [1.82, 2.24) is 15.1 Å². The van der Waals surface area contributed by atoms with E-state index in [9.17, 15) is 4.79 Å². The van der Waals surface area contributed by atoms with Gasteiger partial charge in [-0.05, 0) is 29.1 Å². The molecule has 2 aromatic heterocycles. The van der Waals surface area contributed by atoms with Crippen LogP contribution in [0.15, 0.2) is 40.1 Å². The molecule has 2 heterocycles. The summed E-state index contributed by atoms with van der Waals surface area (Å²) in [4.78, 5) is 15.3. The first-order valence-corrected chi connectivity index (χ1v) is 9.77. The molecule has 3 aromatic rings. The van der Waals surface area contributed by atoms with Gasteiger partial charge in [-0.25, -0.2) is 0 Å². The zero-order valence-corrected chi connectivity index (χ0v) is 16.9. The Morgan fingerprint density at radius 2 is 2.11 bits per heavy atom. The van der Waals surface area contributed by atoms with Crippen LogP contribution in [0.4, 0.5) is 0 Å². The Hall–Kier alpha value is -1.93. The van der Waals surface area contributed by atoms with E-state index in [0.29, 0.717) is 35.0 Å². The molecule has 0 bridgehead atoms. The molecule has 0 aliphatic rings. The van der Waals surface area contributed by atoms with Crippen molar-refractivity contribution in [3.63, 3.8) is 0 Å². The van der Waals surface area contributed by atoms with Crippen LogP contribution in [0.2, 0.25) is 10.0 Å². The summed E-state index contributed by atoms with van der Waals surface area (Å²) in [5.41, 5.74) is 0.779. The maximum Gasteiger partial charge on any atom is 0.257 e. The maximum atomic E-state index is 12.8. The van der Waals surface area contributed by atoms with Gasteiger partial charge >= 0.3 is 0 Å². The largest absolute Gasteiger partial charge is 0.418 e. The summed E-state index contributed by atoms with van der Waals surface area (Å²) in [5, 5.41) is 10.9. The summed E-state index contributed by atoms with van der Waals surface area (Å²) in [6.45, 7) is 1.02. The fourth-order valence-electron chi connectivity index (χ4n) is 2.41. The quantitative estimate of drug-likeness (QED) is 0.537. The highest BCUT2D eigenvalue weighted by Crippen LogP contribution is 2.24. The van der Waals surface area contributed by atoms with Gasteiger partial charge in [-0.15, -0.1) is 21.5 Å². The Balaban J connectivity index is 1.70. The van der Waals surface area contributed by atoms with Crippen LogP contribution in [-0.4, -0.2) is 41.3 Å². The number of carbonyl (C=O) groups is 1. The van der Waals surface area contributed by atoms with Gasteiger partial charge in [0.25, 0.3) is 5.89 Å². The van der Waals surface area contributed by atoms with E-state index in [1.807, 2.05) is 17.5 Å². The van der Waals surface area contributed by atoms with Gasteiger partial charge in [-0.1, -0.05) is 35.3 Å². The molecule has 0 N–H and O–H groups in total. The Kier molecular flexibility index (Phi) is 6.84. The summed E-state index contributed by atoms with van der Waals surface area (Å²) >= 11 is 13.5. The van der Waals surface area contributed by atoms with Crippen molar-refractivity contribution < 1.29 is 13.9 Å². The second-order valence-electron chi connectivity index (χ2n) is 5.71. The Morgan fingerprint density at radius 3 is 2.81 bits per heavy atom. The highest BCUT2D eigenvalue weighted by Gasteiger charge is 2.19. The van der Waals surface area contributed by atoms with Crippen LogP contribution in [0, 0.1) is 0 Å². The molecule has 1 aromatic carbocycles. The number of methoxy groups -OCH3 is 1. The van der Waals surface area contributed by atoms with Crippen LogP contribution in [0.25, 0.3) is 10.8 Å². The van der Waals surface area contributed by atoms with Crippen molar-refractivity contribution in [1.29, 1.82) is 0 Å². The lowest BCUT2D eigenvalue weighted by molar-refractivity contribution is -0.132. The highest BCUT2D eigenvalue weighted by atomic mass is 35.5. The normalized spacial score (nSPS) is 10.9. The van der Waals surface area contributed by atoms with Crippen LogP contribution < -0.4 is 0 Å². The van der Waals surface area contributed by atoms with E-state index >= 15 is 0 Å². The van der Waals surface area contributed by atoms with Crippen molar-refractivity contribution in [2.75, 3.05) is 20.3 Å². The molecule has 27 heavy (non-hydrogen) atoms. The van der Waals surface area contributed by atoms with Crippen molar-refractivity contribution in [3.8, 4) is 10.8 Å². The van der Waals surface area contributed by atoms with Crippen LogP contribution in [0.3, 0.4) is 0 Å². The maximum absolute atomic E-state index is 12.8. The molecule has 0 saturated carbocycles. The number of rotatable bonds is 8. The summed E-state index contributed by atoms with van der Waals surface area (Å²) in [6.07, 6.45) is 0.187. The van der Waals surface area contributed by atoms with Gasteiger partial charge in [0.2, 0.25) is 11.8 Å². The van der Waals surface area contributed by atoms with Crippen molar-refractivity contribution in [2.24, 2.45) is 0 Å². The van der Waals surface area contributed by atoms with E-state index < -0.39 is 0 Å². The molecule has 0 atom stereocenters. The summed E-state index contributed by atoms with van der Waals surface area (Å²) in [5.74, 6) is 0.724. The number of amides is 1. The van der Waals surface area contributed by atoms with Gasteiger partial charge in [0.05, 0.1) is 34.5 Å². The number of hydrogen-bond donors (Lipinski definition) is 0. The number of benzene rings is 1. The average molecular weight is 426 g/mol. The van der Waals surface area contributed by atoms with Crippen LogP contribution >= 0.6 is 34.5 Å². The van der Waals surface area contributed by atoms with Gasteiger partial charge < -0.3 is 14.1 Å². The minimum absolute atomic E-state index is 0.0960. The molecule has 6 nitrogen and oxygen atoms in total. The molecular weight excluding hydrogens is 409 g/mol. The first-order chi connectivity index (χ1) is 13.1. The number of thiophene rings is 1. The molecule has 0 radical (unpaired) electrons. The van der Waals surface area contributed by atoms with E-state index in [0.717, 1.165) is 10.4 Å². The highest BCUT2D eigenvalue weighted by molar-refractivity contribution is 7.13. The van der Waals surface area contributed by atoms with E-state index in [1.165, 1.54) is 11.3 Å². The van der Waals surface area contributed by atoms with Gasteiger partial charge in [0.15, 0.2) is 0 Å². The molecule has 9 heteroatoms. The van der Waals surface area contributed by atoms with E-state index in [4.69, 9.17) is 32.4 Å². The SMILES string of the molecule is COCCN(Cc1nnc(-c2cccs2)o1)C(=O)Cc1ccc(Cl)c(Cl)c1. The van der Waals surface area contributed by atoms with Crippen LogP contribution in [-0.2, 0) is 22.5 Å². The van der Waals surface area contributed by atoms with E-state index in [1.54, 1.807) is 30.2 Å². The first kappa shape index (κ1) is 19.8. The van der Waals surface area contributed by atoms with Crippen LogP contribution in [0.5, 0.6) is 0 Å². The summed E-state index contributed by atoms with van der Waals surface area (Å²) in [7, 11) is 1.59. The van der Waals surface area contributed by atoms with Gasteiger partial charge in [0, 0.05) is 13.7 Å². The summed E-state index contributed by atoms with van der Waals surface area (Å²) < 4.78 is 10.8. The Bertz CT molecular complexity index is 899. The van der Waals surface area contributed by atoms with E-state index in [-0.39, 0.29) is 18.9 Å². The number of nitrogens with zero attached hydrogens (tertiary/aromatic N) is 3. The van der Waals surface area contributed by atoms with Gasteiger partial charge in [0.1, 0.15) is 0 Å². The third-order valence-corrected chi connectivity index (χ3v) is 5.38. The van der Waals surface area contributed by atoms with Crippen LogP contribution in [0.1, 0.15) is 11.5 Å². The van der Waals surface area contributed by atoms with Crippen molar-refractivity contribution >= 4 is 40.4 Å².